The molecular formula is C14H17BrN2S. The summed E-state index contributed by atoms with van der Waals surface area (Å²) in [5.41, 5.74) is 2.55. The fourth-order valence-corrected chi connectivity index (χ4v) is 2.90. The zero-order valence-electron chi connectivity index (χ0n) is 10.8. The van der Waals surface area contributed by atoms with E-state index < -0.39 is 0 Å². The van der Waals surface area contributed by atoms with Gasteiger partial charge in [-0.15, -0.1) is 11.3 Å². The SMILES string of the molecule is Cc1cnc(C(C)NCc2ccc(C)c(Br)c2)s1. The van der Waals surface area contributed by atoms with E-state index in [9.17, 15) is 0 Å². The standard InChI is InChI=1S/C14H17BrN2S/c1-9-4-5-12(6-13(9)15)8-16-11(3)14-17-7-10(2)18-14/h4-7,11,16H,8H2,1-3H3. The van der Waals surface area contributed by atoms with Gasteiger partial charge >= 0.3 is 0 Å². The van der Waals surface area contributed by atoms with Crippen molar-refractivity contribution < 1.29 is 0 Å². The quantitative estimate of drug-likeness (QED) is 0.903. The van der Waals surface area contributed by atoms with Gasteiger partial charge in [-0.1, -0.05) is 28.1 Å². The van der Waals surface area contributed by atoms with E-state index in [1.165, 1.54) is 20.5 Å². The van der Waals surface area contributed by atoms with Gasteiger partial charge in [0, 0.05) is 22.1 Å². The van der Waals surface area contributed by atoms with E-state index in [0.29, 0.717) is 6.04 Å². The molecule has 2 nitrogen and oxygen atoms in total. The van der Waals surface area contributed by atoms with E-state index >= 15 is 0 Å². The van der Waals surface area contributed by atoms with Crippen LogP contribution in [-0.2, 0) is 6.54 Å². The zero-order chi connectivity index (χ0) is 13.1. The van der Waals surface area contributed by atoms with Crippen LogP contribution in [0.5, 0.6) is 0 Å². The van der Waals surface area contributed by atoms with Crippen molar-refractivity contribution in [2.45, 2.75) is 33.4 Å². The molecule has 0 aliphatic rings. The van der Waals surface area contributed by atoms with Crippen molar-refractivity contribution in [1.29, 1.82) is 0 Å². The minimum absolute atomic E-state index is 0.295. The van der Waals surface area contributed by atoms with Crippen molar-refractivity contribution in [3.05, 3.63) is 49.9 Å². The molecule has 0 saturated heterocycles. The van der Waals surface area contributed by atoms with Gasteiger partial charge in [-0.05, 0) is 38.0 Å². The summed E-state index contributed by atoms with van der Waals surface area (Å²) < 4.78 is 1.17. The molecule has 0 spiro atoms. The van der Waals surface area contributed by atoms with E-state index in [0.717, 1.165) is 11.6 Å². The Morgan fingerprint density at radius 1 is 1.39 bits per heavy atom. The Morgan fingerprint density at radius 3 is 2.78 bits per heavy atom. The molecule has 0 fully saturated rings. The van der Waals surface area contributed by atoms with Crippen LogP contribution in [0.3, 0.4) is 0 Å². The summed E-state index contributed by atoms with van der Waals surface area (Å²) in [7, 11) is 0. The van der Waals surface area contributed by atoms with Crippen LogP contribution < -0.4 is 5.32 Å². The van der Waals surface area contributed by atoms with E-state index in [4.69, 9.17) is 0 Å². The minimum atomic E-state index is 0.295. The Hall–Kier alpha value is -0.710. The molecule has 0 amide bonds. The predicted octanol–water partition coefficient (Wildman–Crippen LogP) is 4.37. The van der Waals surface area contributed by atoms with Gasteiger partial charge in [0.25, 0.3) is 0 Å². The molecule has 1 N–H and O–H groups in total. The molecular weight excluding hydrogens is 308 g/mol. The lowest BCUT2D eigenvalue weighted by molar-refractivity contribution is 0.571. The van der Waals surface area contributed by atoms with E-state index in [2.05, 4.69) is 65.2 Å². The van der Waals surface area contributed by atoms with Crippen LogP contribution in [0.25, 0.3) is 0 Å². The first kappa shape index (κ1) is 13.7. The van der Waals surface area contributed by atoms with Gasteiger partial charge in [-0.3, -0.25) is 0 Å². The predicted molar refractivity (Wildman–Crippen MR) is 81.0 cm³/mol. The Kier molecular flexibility index (Phi) is 4.54. The zero-order valence-corrected chi connectivity index (χ0v) is 13.2. The molecule has 2 rings (SSSR count). The topological polar surface area (TPSA) is 24.9 Å². The molecule has 0 aliphatic carbocycles. The summed E-state index contributed by atoms with van der Waals surface area (Å²) in [5, 5.41) is 4.65. The number of hydrogen-bond acceptors (Lipinski definition) is 3. The fourth-order valence-electron chi connectivity index (χ4n) is 1.68. The molecule has 0 bridgehead atoms. The van der Waals surface area contributed by atoms with Gasteiger partial charge in [0.05, 0.1) is 6.04 Å². The average molecular weight is 325 g/mol. The number of aromatic nitrogens is 1. The van der Waals surface area contributed by atoms with Crippen LogP contribution in [0.2, 0.25) is 0 Å². The molecule has 96 valence electrons. The lowest BCUT2D eigenvalue weighted by atomic mass is 10.1. The van der Waals surface area contributed by atoms with Gasteiger partial charge in [0.1, 0.15) is 5.01 Å². The number of aryl methyl sites for hydroxylation is 2. The first-order valence-electron chi connectivity index (χ1n) is 5.97. The molecule has 4 heteroatoms. The maximum atomic E-state index is 4.41. The molecule has 0 radical (unpaired) electrons. The third-order valence-electron chi connectivity index (χ3n) is 2.86. The Labute approximate surface area is 121 Å². The molecule has 1 unspecified atom stereocenters. The molecule has 2 aromatic rings. The Balaban J connectivity index is 1.97. The number of nitrogens with one attached hydrogen (secondary N) is 1. The summed E-state index contributed by atoms with van der Waals surface area (Å²) in [6.07, 6.45) is 1.93. The maximum absolute atomic E-state index is 4.41. The monoisotopic (exact) mass is 324 g/mol. The third-order valence-corrected chi connectivity index (χ3v) is 4.81. The molecule has 1 aromatic heterocycles. The second kappa shape index (κ2) is 5.95. The van der Waals surface area contributed by atoms with Crippen molar-refractivity contribution >= 4 is 27.3 Å². The summed E-state index contributed by atoms with van der Waals surface area (Å²) in [6, 6.07) is 6.76. The van der Waals surface area contributed by atoms with Crippen LogP contribution in [0.1, 0.15) is 34.0 Å². The van der Waals surface area contributed by atoms with Crippen molar-refractivity contribution in [2.24, 2.45) is 0 Å². The molecule has 1 atom stereocenters. The normalized spacial score (nSPS) is 12.7. The smallest absolute Gasteiger partial charge is 0.109 e. The molecule has 18 heavy (non-hydrogen) atoms. The minimum Gasteiger partial charge on any atom is -0.304 e. The van der Waals surface area contributed by atoms with Gasteiger partial charge in [0.15, 0.2) is 0 Å². The summed E-state index contributed by atoms with van der Waals surface area (Å²) in [5.74, 6) is 0. The first-order chi connectivity index (χ1) is 8.56. The second-order valence-corrected chi connectivity index (χ2v) is 6.62. The van der Waals surface area contributed by atoms with Gasteiger partial charge < -0.3 is 5.32 Å². The van der Waals surface area contributed by atoms with Gasteiger partial charge in [0.2, 0.25) is 0 Å². The van der Waals surface area contributed by atoms with Crippen molar-refractivity contribution in [1.82, 2.24) is 10.3 Å². The lowest BCUT2D eigenvalue weighted by Gasteiger charge is -2.11. The highest BCUT2D eigenvalue weighted by molar-refractivity contribution is 9.10. The van der Waals surface area contributed by atoms with Crippen molar-refractivity contribution in [2.75, 3.05) is 0 Å². The van der Waals surface area contributed by atoms with E-state index in [1.54, 1.807) is 11.3 Å². The van der Waals surface area contributed by atoms with Crippen molar-refractivity contribution in [3.8, 4) is 0 Å². The third kappa shape index (κ3) is 3.40. The molecule has 1 heterocycles. The lowest BCUT2D eigenvalue weighted by Crippen LogP contribution is -2.17. The van der Waals surface area contributed by atoms with Crippen LogP contribution in [0.4, 0.5) is 0 Å². The van der Waals surface area contributed by atoms with Gasteiger partial charge in [-0.25, -0.2) is 4.98 Å². The fraction of sp³-hybridized carbons (Fsp3) is 0.357. The molecule has 1 aromatic carbocycles. The van der Waals surface area contributed by atoms with Crippen LogP contribution in [-0.4, -0.2) is 4.98 Å². The largest absolute Gasteiger partial charge is 0.304 e. The molecule has 0 saturated carbocycles. The van der Waals surface area contributed by atoms with Crippen LogP contribution in [0.15, 0.2) is 28.9 Å². The maximum Gasteiger partial charge on any atom is 0.109 e. The highest BCUT2D eigenvalue weighted by Gasteiger charge is 2.08. The summed E-state index contributed by atoms with van der Waals surface area (Å²) in [6.45, 7) is 7.20. The highest BCUT2D eigenvalue weighted by atomic mass is 79.9. The Morgan fingerprint density at radius 2 is 2.17 bits per heavy atom. The Bertz CT molecular complexity index is 536. The first-order valence-corrected chi connectivity index (χ1v) is 7.58. The second-order valence-electron chi connectivity index (χ2n) is 4.50. The number of benzene rings is 1. The van der Waals surface area contributed by atoms with E-state index in [-0.39, 0.29) is 0 Å². The highest BCUT2D eigenvalue weighted by Crippen LogP contribution is 2.21. The molecule has 0 aliphatic heterocycles. The number of rotatable bonds is 4. The van der Waals surface area contributed by atoms with E-state index in [1.807, 2.05) is 6.20 Å². The average Bonchev–Trinajstić information content (AvgIpc) is 2.77. The number of nitrogens with zero attached hydrogens (tertiary/aromatic N) is 1. The van der Waals surface area contributed by atoms with Crippen molar-refractivity contribution in [3.63, 3.8) is 0 Å². The summed E-state index contributed by atoms with van der Waals surface area (Å²) in [4.78, 5) is 5.67. The van der Waals surface area contributed by atoms with Gasteiger partial charge in [-0.2, -0.15) is 0 Å². The number of hydrogen-bond donors (Lipinski definition) is 1. The van der Waals surface area contributed by atoms with Crippen LogP contribution >= 0.6 is 27.3 Å². The number of thiazole rings is 1. The van der Waals surface area contributed by atoms with Crippen LogP contribution in [0, 0.1) is 13.8 Å². The summed E-state index contributed by atoms with van der Waals surface area (Å²) >= 11 is 5.32. The number of halogens is 1.